The summed E-state index contributed by atoms with van der Waals surface area (Å²) in [6, 6.07) is 4.30. The van der Waals surface area contributed by atoms with Crippen molar-refractivity contribution in [2.24, 2.45) is 5.92 Å². The molecule has 0 aromatic heterocycles. The third kappa shape index (κ3) is 4.99. The minimum absolute atomic E-state index is 0.00921. The molecule has 4 rings (SSSR count). The maximum atomic E-state index is 13.2. The van der Waals surface area contributed by atoms with Crippen LogP contribution in [0.25, 0.3) is 11.8 Å². The van der Waals surface area contributed by atoms with Crippen LogP contribution in [0.4, 0.5) is 22.0 Å². The third-order valence-electron chi connectivity index (χ3n) is 5.93. The largest absolute Gasteiger partial charge is 0.487 e. The molecule has 3 aliphatic rings. The van der Waals surface area contributed by atoms with Gasteiger partial charge in [-0.3, -0.25) is 4.79 Å². The smallest absolute Gasteiger partial charge is 0.456 e. The van der Waals surface area contributed by atoms with E-state index in [0.29, 0.717) is 36.8 Å². The lowest BCUT2D eigenvalue weighted by Crippen LogP contribution is -2.53. The number of benzene rings is 1. The molecule has 2 fully saturated rings. The molecule has 11 heteroatoms. The van der Waals surface area contributed by atoms with Gasteiger partial charge < -0.3 is 23.8 Å². The zero-order valence-corrected chi connectivity index (χ0v) is 17.9. The second-order valence-corrected chi connectivity index (χ2v) is 8.23. The van der Waals surface area contributed by atoms with Crippen molar-refractivity contribution in [1.82, 2.24) is 4.90 Å². The van der Waals surface area contributed by atoms with Crippen molar-refractivity contribution in [3.8, 4) is 5.75 Å². The van der Waals surface area contributed by atoms with E-state index in [2.05, 4.69) is 0 Å². The third-order valence-corrected chi connectivity index (χ3v) is 5.93. The van der Waals surface area contributed by atoms with Gasteiger partial charge in [0, 0.05) is 17.5 Å². The molecule has 1 aromatic rings. The molecule has 0 amide bonds. The summed E-state index contributed by atoms with van der Waals surface area (Å²) in [6.45, 7) is 2.05. The Balaban J connectivity index is 1.55. The number of ketones is 1. The number of rotatable bonds is 6. The number of fused-ring (bicyclic) bond motifs is 2. The van der Waals surface area contributed by atoms with Crippen molar-refractivity contribution in [1.29, 1.82) is 0 Å². The molecule has 33 heavy (non-hydrogen) atoms. The fraction of sp³-hybridized carbons (Fsp3) is 0.591. The molecule has 0 spiro atoms. The summed E-state index contributed by atoms with van der Waals surface area (Å²) in [4.78, 5) is 14.7. The van der Waals surface area contributed by atoms with Crippen LogP contribution < -0.4 is 15.2 Å². The lowest BCUT2D eigenvalue weighted by atomic mass is 9.89. The number of piperidine rings is 1. The molecular formula is C22H24F5NO5. The average molecular weight is 477 g/mol. The first-order chi connectivity index (χ1) is 15.6. The minimum Gasteiger partial charge on any atom is -0.487 e. The van der Waals surface area contributed by atoms with Gasteiger partial charge in [-0.05, 0) is 30.3 Å². The number of carbonyl (C=O) groups is 1. The summed E-state index contributed by atoms with van der Waals surface area (Å²) in [5.41, 5.74) is 0.724. The summed E-state index contributed by atoms with van der Waals surface area (Å²) in [7, 11) is 0. The van der Waals surface area contributed by atoms with E-state index in [1.54, 1.807) is 19.1 Å². The van der Waals surface area contributed by atoms with E-state index in [-0.39, 0.29) is 30.7 Å². The average Bonchev–Trinajstić information content (AvgIpc) is 2.78. The molecule has 0 N–H and O–H groups in total. The van der Waals surface area contributed by atoms with Crippen LogP contribution >= 0.6 is 0 Å². The van der Waals surface area contributed by atoms with Crippen LogP contribution in [0, 0.1) is 5.92 Å². The molecule has 3 atom stereocenters. The number of halogens is 5. The molecule has 6 nitrogen and oxygen atoms in total. The van der Waals surface area contributed by atoms with E-state index < -0.39 is 30.9 Å². The van der Waals surface area contributed by atoms with Crippen LogP contribution in [0.1, 0.15) is 13.3 Å². The minimum atomic E-state index is -5.69. The van der Waals surface area contributed by atoms with Crippen LogP contribution in [0.5, 0.6) is 5.75 Å². The van der Waals surface area contributed by atoms with Crippen molar-refractivity contribution in [3.05, 3.63) is 28.6 Å². The van der Waals surface area contributed by atoms with Gasteiger partial charge in [0.15, 0.2) is 6.61 Å². The number of carbonyl (C=O) groups excluding carboxylic acids is 1. The lowest BCUT2D eigenvalue weighted by Gasteiger charge is -2.42. The first kappa shape index (κ1) is 23.9. The number of alkyl halides is 5. The highest BCUT2D eigenvalue weighted by Crippen LogP contribution is 2.36. The van der Waals surface area contributed by atoms with Crippen molar-refractivity contribution >= 4 is 17.6 Å². The van der Waals surface area contributed by atoms with Gasteiger partial charge in [0.05, 0.1) is 38.8 Å². The van der Waals surface area contributed by atoms with Crippen LogP contribution in [0.15, 0.2) is 18.2 Å². The lowest BCUT2D eigenvalue weighted by molar-refractivity contribution is -0.290. The predicted molar refractivity (Wildman–Crippen MR) is 106 cm³/mol. The van der Waals surface area contributed by atoms with E-state index in [0.717, 1.165) is 5.70 Å². The number of nitrogens with zero attached hydrogens (tertiary/aromatic N) is 1. The van der Waals surface area contributed by atoms with Gasteiger partial charge in [-0.2, -0.15) is 22.0 Å². The van der Waals surface area contributed by atoms with E-state index >= 15 is 0 Å². The molecule has 0 aliphatic carbocycles. The fourth-order valence-corrected chi connectivity index (χ4v) is 4.10. The van der Waals surface area contributed by atoms with Crippen molar-refractivity contribution in [2.45, 2.75) is 37.8 Å². The zero-order valence-electron chi connectivity index (χ0n) is 17.9. The molecule has 2 unspecified atom stereocenters. The van der Waals surface area contributed by atoms with Gasteiger partial charge in [0.2, 0.25) is 0 Å². The maximum Gasteiger partial charge on any atom is 0.456 e. The molecule has 2 saturated heterocycles. The number of hydrogen-bond acceptors (Lipinski definition) is 6. The van der Waals surface area contributed by atoms with E-state index in [1.165, 1.54) is 12.1 Å². The number of Topliss-reactive ketones (excluding diaryl/α,β-unsaturated/α-hetero) is 1. The van der Waals surface area contributed by atoms with E-state index in [4.69, 9.17) is 18.9 Å². The van der Waals surface area contributed by atoms with Crippen LogP contribution in [0.2, 0.25) is 0 Å². The Bertz CT molecular complexity index is 1010. The topological polar surface area (TPSA) is 57.2 Å². The van der Waals surface area contributed by atoms with E-state index in [1.807, 2.05) is 4.90 Å². The molecule has 182 valence electrons. The Kier molecular flexibility index (Phi) is 6.66. The Labute approximate surface area is 186 Å². The van der Waals surface area contributed by atoms with Crippen LogP contribution in [0.3, 0.4) is 0 Å². The van der Waals surface area contributed by atoms with Crippen LogP contribution in [-0.2, 0) is 19.0 Å². The highest BCUT2D eigenvalue weighted by molar-refractivity contribution is 5.91. The van der Waals surface area contributed by atoms with Gasteiger partial charge >= 0.3 is 12.1 Å². The SMILES string of the molecule is CC1C(=O)CC(OC[C@@H]2COCCO2)N2CC=c3cc(OCC(F)(F)C(F)(F)F)ccc3=C12. The molecule has 3 heterocycles. The Hall–Kier alpha value is -2.24. The Morgan fingerprint density at radius 1 is 1.18 bits per heavy atom. The fourth-order valence-electron chi connectivity index (χ4n) is 4.10. The monoisotopic (exact) mass is 477 g/mol. The molecule has 1 aromatic carbocycles. The summed E-state index contributed by atoms with van der Waals surface area (Å²) in [5.74, 6) is -5.50. The number of hydrogen-bond donors (Lipinski definition) is 0. The molecule has 0 saturated carbocycles. The summed E-state index contributed by atoms with van der Waals surface area (Å²) in [6.07, 6.45) is -4.40. The Morgan fingerprint density at radius 3 is 2.67 bits per heavy atom. The first-order valence-corrected chi connectivity index (χ1v) is 10.6. The summed E-state index contributed by atoms with van der Waals surface area (Å²) < 4.78 is 85.2. The molecule has 3 aliphatic heterocycles. The Morgan fingerprint density at radius 2 is 1.97 bits per heavy atom. The number of ether oxygens (including phenoxy) is 4. The normalized spacial score (nSPS) is 25.9. The molecule has 0 bridgehead atoms. The van der Waals surface area contributed by atoms with Crippen LogP contribution in [-0.4, -0.2) is 74.7 Å². The molecule has 0 radical (unpaired) electrons. The quantitative estimate of drug-likeness (QED) is 0.583. The van der Waals surface area contributed by atoms with Crippen molar-refractivity contribution < 1.29 is 45.7 Å². The molecular weight excluding hydrogens is 453 g/mol. The summed E-state index contributed by atoms with van der Waals surface area (Å²) in [5, 5.41) is 1.28. The standard InChI is InChI=1S/C22H24F5NO5/c1-13-18(29)9-19(32-11-16-10-30-6-7-31-16)28-5-4-14-8-15(2-3-17(14)20(13)28)33-12-21(23,24)22(25,26)27/h2-4,8,13,16,19H,5-7,9-12H2,1H3/t13?,16-,19?/m0/s1. The maximum absolute atomic E-state index is 13.2. The van der Waals surface area contributed by atoms with Gasteiger partial charge in [-0.1, -0.05) is 6.08 Å². The van der Waals surface area contributed by atoms with Gasteiger partial charge in [0.25, 0.3) is 0 Å². The zero-order chi connectivity index (χ0) is 23.8. The van der Waals surface area contributed by atoms with Gasteiger partial charge in [-0.25, -0.2) is 0 Å². The second kappa shape index (κ2) is 9.19. The first-order valence-electron chi connectivity index (χ1n) is 10.6. The van der Waals surface area contributed by atoms with Gasteiger partial charge in [-0.15, -0.1) is 0 Å². The van der Waals surface area contributed by atoms with Gasteiger partial charge in [0.1, 0.15) is 23.9 Å². The predicted octanol–water partition coefficient (Wildman–Crippen LogP) is 1.83. The van der Waals surface area contributed by atoms with Crippen molar-refractivity contribution in [2.75, 3.05) is 39.6 Å². The van der Waals surface area contributed by atoms with E-state index in [9.17, 15) is 26.7 Å². The second-order valence-electron chi connectivity index (χ2n) is 8.23. The summed E-state index contributed by atoms with van der Waals surface area (Å²) >= 11 is 0. The highest BCUT2D eigenvalue weighted by Gasteiger charge is 2.58. The van der Waals surface area contributed by atoms with Crippen molar-refractivity contribution in [3.63, 3.8) is 0 Å². The highest BCUT2D eigenvalue weighted by atomic mass is 19.4.